The van der Waals surface area contributed by atoms with E-state index < -0.39 is 0 Å². The highest BCUT2D eigenvalue weighted by atomic mass is 15.0. The fraction of sp³-hybridized carbons (Fsp3) is 0.368. The van der Waals surface area contributed by atoms with Gasteiger partial charge in [-0.1, -0.05) is 62.4 Å². The van der Waals surface area contributed by atoms with Crippen LogP contribution in [0.3, 0.4) is 0 Å². The second-order valence-electron chi connectivity index (χ2n) is 5.76. The van der Waals surface area contributed by atoms with Crippen molar-refractivity contribution >= 4 is 5.69 Å². The summed E-state index contributed by atoms with van der Waals surface area (Å²) in [4.78, 5) is 0. The van der Waals surface area contributed by atoms with Crippen LogP contribution in [0, 0.1) is 0 Å². The van der Waals surface area contributed by atoms with E-state index in [1.807, 2.05) is 0 Å². The molecule has 0 radical (unpaired) electrons. The van der Waals surface area contributed by atoms with E-state index in [4.69, 9.17) is 0 Å². The maximum atomic E-state index is 3.56. The van der Waals surface area contributed by atoms with Crippen LogP contribution in [0.5, 0.6) is 0 Å². The first-order valence-electron chi connectivity index (χ1n) is 7.79. The van der Waals surface area contributed by atoms with E-state index in [1.165, 1.54) is 16.8 Å². The Morgan fingerprint density at radius 1 is 0.810 bits per heavy atom. The molecule has 2 nitrogen and oxygen atoms in total. The van der Waals surface area contributed by atoms with E-state index in [2.05, 4.69) is 86.0 Å². The molecule has 0 aromatic heterocycles. The Balaban J connectivity index is 1.80. The average Bonchev–Trinajstić information content (AvgIpc) is 2.52. The molecule has 1 atom stereocenters. The smallest absolute Gasteiger partial charge is 0.0375 e. The SMILES string of the molecule is CC(C)c1ccccc1NCCNC(C)c1ccccc1. The van der Waals surface area contributed by atoms with E-state index in [0.29, 0.717) is 12.0 Å². The fourth-order valence-corrected chi connectivity index (χ4v) is 2.51. The highest BCUT2D eigenvalue weighted by Crippen LogP contribution is 2.23. The van der Waals surface area contributed by atoms with Gasteiger partial charge in [-0.2, -0.15) is 0 Å². The van der Waals surface area contributed by atoms with E-state index in [-0.39, 0.29) is 0 Å². The van der Waals surface area contributed by atoms with Gasteiger partial charge in [0, 0.05) is 24.8 Å². The summed E-state index contributed by atoms with van der Waals surface area (Å²) in [5, 5.41) is 7.09. The van der Waals surface area contributed by atoms with E-state index in [1.54, 1.807) is 0 Å². The van der Waals surface area contributed by atoms with Crippen LogP contribution in [0.15, 0.2) is 54.6 Å². The van der Waals surface area contributed by atoms with E-state index in [9.17, 15) is 0 Å². The molecule has 0 heterocycles. The highest BCUT2D eigenvalue weighted by molar-refractivity contribution is 5.52. The molecule has 2 heteroatoms. The molecule has 0 spiro atoms. The molecular formula is C19H26N2. The van der Waals surface area contributed by atoms with Crippen molar-refractivity contribution in [3.63, 3.8) is 0 Å². The summed E-state index contributed by atoms with van der Waals surface area (Å²) >= 11 is 0. The molecular weight excluding hydrogens is 256 g/mol. The lowest BCUT2D eigenvalue weighted by Gasteiger charge is -2.17. The summed E-state index contributed by atoms with van der Waals surface area (Å²) < 4.78 is 0. The molecule has 0 saturated heterocycles. The maximum absolute atomic E-state index is 3.56. The molecule has 0 amide bonds. The van der Waals surface area contributed by atoms with Crippen LogP contribution in [-0.2, 0) is 0 Å². The quantitative estimate of drug-likeness (QED) is 0.727. The minimum Gasteiger partial charge on any atom is -0.384 e. The lowest BCUT2D eigenvalue weighted by Crippen LogP contribution is -2.25. The molecule has 0 aliphatic heterocycles. The van der Waals surface area contributed by atoms with Crippen molar-refractivity contribution in [2.24, 2.45) is 0 Å². The second kappa shape index (κ2) is 7.84. The zero-order valence-corrected chi connectivity index (χ0v) is 13.3. The van der Waals surface area contributed by atoms with Crippen molar-refractivity contribution in [2.45, 2.75) is 32.7 Å². The molecule has 112 valence electrons. The first-order chi connectivity index (χ1) is 10.2. The van der Waals surface area contributed by atoms with Gasteiger partial charge in [-0.05, 0) is 30.0 Å². The average molecular weight is 282 g/mol. The second-order valence-corrected chi connectivity index (χ2v) is 5.76. The minimum absolute atomic E-state index is 0.383. The van der Waals surface area contributed by atoms with Gasteiger partial charge in [0.1, 0.15) is 0 Å². The summed E-state index contributed by atoms with van der Waals surface area (Å²) in [6.45, 7) is 8.55. The molecule has 0 bridgehead atoms. The zero-order chi connectivity index (χ0) is 15.1. The highest BCUT2D eigenvalue weighted by Gasteiger charge is 2.06. The van der Waals surface area contributed by atoms with Gasteiger partial charge in [0.05, 0.1) is 0 Å². The summed E-state index contributed by atoms with van der Waals surface area (Å²) in [7, 11) is 0. The van der Waals surface area contributed by atoms with Crippen molar-refractivity contribution in [3.05, 3.63) is 65.7 Å². The van der Waals surface area contributed by atoms with Crippen LogP contribution < -0.4 is 10.6 Å². The van der Waals surface area contributed by atoms with Crippen molar-refractivity contribution in [3.8, 4) is 0 Å². The van der Waals surface area contributed by atoms with Crippen molar-refractivity contribution in [2.75, 3.05) is 18.4 Å². The van der Waals surface area contributed by atoms with Gasteiger partial charge in [0.25, 0.3) is 0 Å². The largest absolute Gasteiger partial charge is 0.384 e. The molecule has 2 aromatic carbocycles. The summed E-state index contributed by atoms with van der Waals surface area (Å²) in [6, 6.07) is 19.5. The summed E-state index contributed by atoms with van der Waals surface area (Å²) in [5.41, 5.74) is 3.97. The monoisotopic (exact) mass is 282 g/mol. The van der Waals surface area contributed by atoms with Crippen molar-refractivity contribution in [1.82, 2.24) is 5.32 Å². The normalized spacial score (nSPS) is 12.4. The number of hydrogen-bond acceptors (Lipinski definition) is 2. The standard InChI is InChI=1S/C19H26N2/c1-15(2)18-11-7-8-12-19(18)21-14-13-20-16(3)17-9-5-4-6-10-17/h4-12,15-16,20-21H,13-14H2,1-3H3. The molecule has 1 unspecified atom stereocenters. The van der Waals surface area contributed by atoms with Crippen LogP contribution in [-0.4, -0.2) is 13.1 Å². The van der Waals surface area contributed by atoms with Crippen molar-refractivity contribution < 1.29 is 0 Å². The fourth-order valence-electron chi connectivity index (χ4n) is 2.51. The Labute approximate surface area is 128 Å². The van der Waals surface area contributed by atoms with E-state index in [0.717, 1.165) is 13.1 Å². The number of hydrogen-bond donors (Lipinski definition) is 2. The lowest BCUT2D eigenvalue weighted by atomic mass is 10.0. The molecule has 0 aliphatic carbocycles. The minimum atomic E-state index is 0.383. The Bertz CT molecular complexity index is 534. The van der Waals surface area contributed by atoms with Gasteiger partial charge >= 0.3 is 0 Å². The van der Waals surface area contributed by atoms with Gasteiger partial charge in [0.15, 0.2) is 0 Å². The Hall–Kier alpha value is -1.80. The molecule has 0 fully saturated rings. The number of anilines is 1. The van der Waals surface area contributed by atoms with Crippen LogP contribution in [0.2, 0.25) is 0 Å². The molecule has 2 aromatic rings. The number of benzene rings is 2. The number of rotatable bonds is 7. The van der Waals surface area contributed by atoms with Crippen LogP contribution in [0.25, 0.3) is 0 Å². The summed E-state index contributed by atoms with van der Waals surface area (Å²) in [5.74, 6) is 0.546. The zero-order valence-electron chi connectivity index (χ0n) is 13.3. The maximum Gasteiger partial charge on any atom is 0.0375 e. The molecule has 2 N–H and O–H groups in total. The molecule has 21 heavy (non-hydrogen) atoms. The van der Waals surface area contributed by atoms with Crippen molar-refractivity contribution in [1.29, 1.82) is 0 Å². The molecule has 0 saturated carbocycles. The third-order valence-corrected chi connectivity index (χ3v) is 3.77. The Morgan fingerprint density at radius 3 is 2.19 bits per heavy atom. The van der Waals surface area contributed by atoms with Crippen LogP contribution in [0.4, 0.5) is 5.69 Å². The van der Waals surface area contributed by atoms with E-state index >= 15 is 0 Å². The molecule has 2 rings (SSSR count). The first-order valence-corrected chi connectivity index (χ1v) is 7.79. The lowest BCUT2D eigenvalue weighted by molar-refractivity contribution is 0.588. The van der Waals surface area contributed by atoms with Gasteiger partial charge in [-0.15, -0.1) is 0 Å². The topological polar surface area (TPSA) is 24.1 Å². The number of nitrogens with one attached hydrogen (secondary N) is 2. The van der Waals surface area contributed by atoms with Gasteiger partial charge < -0.3 is 10.6 Å². The summed E-state index contributed by atoms with van der Waals surface area (Å²) in [6.07, 6.45) is 0. The van der Waals surface area contributed by atoms with Gasteiger partial charge in [0.2, 0.25) is 0 Å². The number of para-hydroxylation sites is 1. The Kier molecular flexibility index (Phi) is 5.82. The Morgan fingerprint density at radius 2 is 1.48 bits per heavy atom. The first kappa shape index (κ1) is 15.6. The van der Waals surface area contributed by atoms with Gasteiger partial charge in [-0.3, -0.25) is 0 Å². The van der Waals surface area contributed by atoms with Crippen LogP contribution in [0.1, 0.15) is 43.9 Å². The predicted molar refractivity (Wildman–Crippen MR) is 91.9 cm³/mol. The van der Waals surface area contributed by atoms with Crippen LogP contribution >= 0.6 is 0 Å². The van der Waals surface area contributed by atoms with Gasteiger partial charge in [-0.25, -0.2) is 0 Å². The third kappa shape index (κ3) is 4.61. The predicted octanol–water partition coefficient (Wildman–Crippen LogP) is 4.57. The third-order valence-electron chi connectivity index (χ3n) is 3.77. The molecule has 0 aliphatic rings.